The third-order valence-electron chi connectivity index (χ3n) is 7.89. The predicted octanol–water partition coefficient (Wildman–Crippen LogP) is 4.14. The van der Waals surface area contributed by atoms with Crippen molar-refractivity contribution in [1.82, 2.24) is 25.0 Å². The first-order valence-corrected chi connectivity index (χ1v) is 12.5. The quantitative estimate of drug-likeness (QED) is 0.529. The Morgan fingerprint density at radius 1 is 1.03 bits per heavy atom. The van der Waals surface area contributed by atoms with Crippen LogP contribution in [0, 0.1) is 29.3 Å². The molecule has 11 heteroatoms. The predicted molar refractivity (Wildman–Crippen MR) is 126 cm³/mol. The fourth-order valence-corrected chi connectivity index (χ4v) is 6.11. The van der Waals surface area contributed by atoms with Crippen molar-refractivity contribution in [3.63, 3.8) is 0 Å². The van der Waals surface area contributed by atoms with Gasteiger partial charge in [-0.05, 0) is 43.6 Å². The van der Waals surface area contributed by atoms with Gasteiger partial charge in [0.15, 0.2) is 17.5 Å². The Labute approximate surface area is 206 Å². The highest BCUT2D eigenvalue weighted by molar-refractivity contribution is 5.48. The van der Waals surface area contributed by atoms with Crippen molar-refractivity contribution in [1.29, 1.82) is 0 Å². The molecule has 3 aromatic rings. The fraction of sp³-hybridized carbons (Fsp3) is 0.520. The van der Waals surface area contributed by atoms with E-state index in [0.29, 0.717) is 42.5 Å². The van der Waals surface area contributed by atoms with Gasteiger partial charge >= 0.3 is 0 Å². The van der Waals surface area contributed by atoms with Crippen LogP contribution in [0.25, 0.3) is 0 Å². The van der Waals surface area contributed by atoms with Gasteiger partial charge in [0, 0.05) is 43.2 Å². The molecule has 4 heterocycles. The Kier molecular flexibility index (Phi) is 5.93. The number of anilines is 2. The van der Waals surface area contributed by atoms with Crippen LogP contribution in [-0.2, 0) is 6.54 Å². The average molecular weight is 500 g/mol. The molecule has 36 heavy (non-hydrogen) atoms. The summed E-state index contributed by atoms with van der Waals surface area (Å²) in [6.45, 7) is 2.41. The van der Waals surface area contributed by atoms with E-state index in [9.17, 15) is 13.2 Å². The molecular weight excluding hydrogens is 471 g/mol. The van der Waals surface area contributed by atoms with E-state index in [1.807, 2.05) is 6.07 Å². The number of rotatable bonds is 5. The number of benzene rings is 1. The number of nitrogens with zero attached hydrogens (tertiary/aromatic N) is 6. The van der Waals surface area contributed by atoms with Crippen LogP contribution in [-0.4, -0.2) is 51.2 Å². The van der Waals surface area contributed by atoms with Gasteiger partial charge in [-0.25, -0.2) is 17.9 Å². The lowest BCUT2D eigenvalue weighted by Crippen LogP contribution is -2.48. The molecule has 1 unspecified atom stereocenters. The van der Waals surface area contributed by atoms with Crippen LogP contribution in [0.1, 0.15) is 49.4 Å². The molecule has 6 rings (SSSR count). The topological polar surface area (TPSA) is 81.0 Å². The zero-order valence-corrected chi connectivity index (χ0v) is 20.0. The highest BCUT2D eigenvalue weighted by atomic mass is 19.2. The van der Waals surface area contributed by atoms with Crippen molar-refractivity contribution in [2.45, 2.75) is 50.6 Å². The lowest BCUT2D eigenvalue weighted by molar-refractivity contribution is 0.372. The van der Waals surface area contributed by atoms with Gasteiger partial charge in [0.05, 0.1) is 19.0 Å². The largest absolute Gasteiger partial charge is 0.480 e. The molecule has 3 aliphatic rings. The molecule has 4 atom stereocenters. The van der Waals surface area contributed by atoms with Gasteiger partial charge in [0.1, 0.15) is 5.82 Å². The molecule has 2 aromatic heterocycles. The summed E-state index contributed by atoms with van der Waals surface area (Å²) in [7, 11) is 1.58. The number of methoxy groups -OCH3 is 1. The SMILES string of the molecule is COc1cc(N2CC3CC[C@@H](C2)[C@@H]3Nc2nc3n(n2)CCCC[C@@H]3c2ccc(F)c(F)c2F)cnn1. The highest BCUT2D eigenvalue weighted by Gasteiger charge is 2.43. The maximum Gasteiger partial charge on any atom is 0.242 e. The van der Waals surface area contributed by atoms with Crippen molar-refractivity contribution in [3.05, 3.63) is 53.2 Å². The smallest absolute Gasteiger partial charge is 0.242 e. The minimum Gasteiger partial charge on any atom is -0.480 e. The number of hydrogen-bond acceptors (Lipinski definition) is 7. The van der Waals surface area contributed by atoms with Crippen LogP contribution in [0.3, 0.4) is 0 Å². The molecule has 0 amide bonds. The number of nitrogens with one attached hydrogen (secondary N) is 1. The number of halogens is 3. The highest BCUT2D eigenvalue weighted by Crippen LogP contribution is 2.41. The first-order chi connectivity index (χ1) is 17.5. The average Bonchev–Trinajstić information content (AvgIpc) is 3.30. The van der Waals surface area contributed by atoms with E-state index in [1.165, 1.54) is 6.07 Å². The molecule has 1 saturated carbocycles. The van der Waals surface area contributed by atoms with Crippen molar-refractivity contribution in [2.75, 3.05) is 30.4 Å². The lowest BCUT2D eigenvalue weighted by Gasteiger charge is -2.39. The van der Waals surface area contributed by atoms with Gasteiger partial charge in [-0.2, -0.15) is 10.1 Å². The van der Waals surface area contributed by atoms with Crippen LogP contribution in [0.5, 0.6) is 5.88 Å². The van der Waals surface area contributed by atoms with Gasteiger partial charge in [-0.3, -0.25) is 0 Å². The number of aryl methyl sites for hydroxylation is 1. The van der Waals surface area contributed by atoms with Crippen molar-refractivity contribution in [2.24, 2.45) is 11.8 Å². The van der Waals surface area contributed by atoms with E-state index < -0.39 is 23.4 Å². The molecule has 1 aliphatic carbocycles. The maximum absolute atomic E-state index is 14.7. The van der Waals surface area contributed by atoms with E-state index in [1.54, 1.807) is 18.0 Å². The summed E-state index contributed by atoms with van der Waals surface area (Å²) in [5.74, 6) is -1.81. The normalized spacial score (nSPS) is 25.4. The van der Waals surface area contributed by atoms with Gasteiger partial charge in [-0.15, -0.1) is 10.2 Å². The van der Waals surface area contributed by atoms with Gasteiger partial charge in [-0.1, -0.05) is 12.5 Å². The summed E-state index contributed by atoms with van der Waals surface area (Å²) in [5.41, 5.74) is 1.13. The minimum absolute atomic E-state index is 0.130. The summed E-state index contributed by atoms with van der Waals surface area (Å²) in [5, 5.41) is 16.3. The van der Waals surface area contributed by atoms with Crippen LogP contribution in [0.2, 0.25) is 0 Å². The fourth-order valence-electron chi connectivity index (χ4n) is 6.11. The van der Waals surface area contributed by atoms with Gasteiger partial charge in [0.25, 0.3) is 0 Å². The molecular formula is C25H28F3N7O. The molecule has 0 radical (unpaired) electrons. The molecule has 2 bridgehead atoms. The Morgan fingerprint density at radius 2 is 1.83 bits per heavy atom. The summed E-state index contributed by atoms with van der Waals surface area (Å²) in [6.07, 6.45) is 6.27. The second kappa shape index (κ2) is 9.25. The van der Waals surface area contributed by atoms with Gasteiger partial charge in [0.2, 0.25) is 11.8 Å². The lowest BCUT2D eigenvalue weighted by atomic mass is 9.92. The van der Waals surface area contributed by atoms with E-state index in [0.717, 1.165) is 50.5 Å². The van der Waals surface area contributed by atoms with E-state index in [4.69, 9.17) is 14.8 Å². The molecule has 2 aliphatic heterocycles. The molecule has 2 fully saturated rings. The first-order valence-electron chi connectivity index (χ1n) is 12.5. The van der Waals surface area contributed by atoms with E-state index in [-0.39, 0.29) is 11.6 Å². The van der Waals surface area contributed by atoms with Crippen molar-refractivity contribution >= 4 is 11.6 Å². The summed E-state index contributed by atoms with van der Waals surface area (Å²) in [6, 6.07) is 4.45. The Morgan fingerprint density at radius 3 is 2.61 bits per heavy atom. The molecule has 0 spiro atoms. The first kappa shape index (κ1) is 23.1. The number of ether oxygens (including phenoxy) is 1. The second-order valence-electron chi connectivity index (χ2n) is 9.96. The van der Waals surface area contributed by atoms with Gasteiger partial charge < -0.3 is 15.0 Å². The molecule has 1 aromatic carbocycles. The zero-order valence-electron chi connectivity index (χ0n) is 20.0. The standard InChI is InChI=1S/C25H28F3N7O/c1-36-20-10-16(11-29-32-20)34-12-14-5-6-15(13-34)23(14)30-25-31-24-18(4-2-3-9-35(24)33-25)17-7-8-19(26)22(28)21(17)27/h7-8,10-11,14-15,18,23H,2-6,9,12-13H2,1H3,(H,30,33)/t14-,15?,18+,23-/m0/s1. The Bertz CT molecular complexity index is 1250. The second-order valence-corrected chi connectivity index (χ2v) is 9.96. The summed E-state index contributed by atoms with van der Waals surface area (Å²) < 4.78 is 49.3. The van der Waals surface area contributed by atoms with Crippen LogP contribution >= 0.6 is 0 Å². The van der Waals surface area contributed by atoms with E-state index in [2.05, 4.69) is 20.4 Å². The third kappa shape index (κ3) is 4.04. The molecule has 8 nitrogen and oxygen atoms in total. The summed E-state index contributed by atoms with van der Waals surface area (Å²) in [4.78, 5) is 7.09. The van der Waals surface area contributed by atoms with E-state index >= 15 is 0 Å². The summed E-state index contributed by atoms with van der Waals surface area (Å²) >= 11 is 0. The van der Waals surface area contributed by atoms with Crippen LogP contribution < -0.4 is 15.0 Å². The molecule has 1 saturated heterocycles. The van der Waals surface area contributed by atoms with Crippen LogP contribution in [0.15, 0.2) is 24.4 Å². The Balaban J connectivity index is 1.23. The maximum atomic E-state index is 14.7. The zero-order chi connectivity index (χ0) is 24.8. The number of aromatic nitrogens is 5. The minimum atomic E-state index is -1.44. The Hall–Kier alpha value is -3.37. The number of hydrogen-bond donors (Lipinski definition) is 1. The van der Waals surface area contributed by atoms with Crippen molar-refractivity contribution < 1.29 is 17.9 Å². The monoisotopic (exact) mass is 499 g/mol. The number of fused-ring (bicyclic) bond motifs is 3. The van der Waals surface area contributed by atoms with Crippen LogP contribution in [0.4, 0.5) is 24.8 Å². The number of piperidine rings is 1. The van der Waals surface area contributed by atoms with Crippen molar-refractivity contribution in [3.8, 4) is 5.88 Å². The molecule has 190 valence electrons. The molecule has 1 N–H and O–H groups in total. The third-order valence-corrected chi connectivity index (χ3v) is 7.89.